The second-order valence-electron chi connectivity index (χ2n) is 16.0. The van der Waals surface area contributed by atoms with Crippen LogP contribution >= 0.6 is 0 Å². The number of likely N-dealkylation sites (tertiary alicyclic amines) is 1. The highest BCUT2D eigenvalue weighted by Gasteiger charge is 2.65. The number of ether oxygens (including phenoxy) is 1. The molecule has 2 saturated heterocycles. The summed E-state index contributed by atoms with van der Waals surface area (Å²) in [5.41, 5.74) is 6.12. The molecule has 2 saturated carbocycles. The van der Waals surface area contributed by atoms with Crippen molar-refractivity contribution >= 4 is 32.7 Å². The van der Waals surface area contributed by atoms with Crippen molar-refractivity contribution in [3.63, 3.8) is 0 Å². The first-order valence-electron chi connectivity index (χ1n) is 18.7. The quantitative estimate of drug-likeness (QED) is 0.252. The van der Waals surface area contributed by atoms with Crippen LogP contribution < -0.4 is 9.46 Å². The average molecular weight is 723 g/mol. The summed E-state index contributed by atoms with van der Waals surface area (Å²) in [6, 6.07) is 14.0. The molecule has 2 bridgehead atoms. The van der Waals surface area contributed by atoms with Gasteiger partial charge in [-0.15, -0.1) is 0 Å². The molecule has 0 radical (unpaired) electrons. The molecule has 3 aliphatic heterocycles. The molecule has 272 valence electrons. The van der Waals surface area contributed by atoms with E-state index in [1.165, 1.54) is 12.0 Å². The lowest BCUT2D eigenvalue weighted by Crippen LogP contribution is -2.57. The van der Waals surface area contributed by atoms with Crippen molar-refractivity contribution in [1.82, 2.24) is 29.1 Å². The Hall–Kier alpha value is -4.29. The van der Waals surface area contributed by atoms with Gasteiger partial charge in [-0.05, 0) is 106 Å². The molecule has 9 rings (SSSR count). The highest BCUT2D eigenvalue weighted by molar-refractivity contribution is 7.89. The van der Waals surface area contributed by atoms with Gasteiger partial charge in [0.1, 0.15) is 5.75 Å². The maximum Gasteiger partial charge on any atom is 0.300 e. The summed E-state index contributed by atoms with van der Waals surface area (Å²) >= 11 is 0. The van der Waals surface area contributed by atoms with Crippen molar-refractivity contribution in [2.24, 2.45) is 5.41 Å². The summed E-state index contributed by atoms with van der Waals surface area (Å²) < 4.78 is 37.0. The van der Waals surface area contributed by atoms with Gasteiger partial charge < -0.3 is 19.1 Å². The highest BCUT2D eigenvalue weighted by atomic mass is 32.2. The van der Waals surface area contributed by atoms with Gasteiger partial charge in [-0.3, -0.25) is 9.59 Å². The van der Waals surface area contributed by atoms with Gasteiger partial charge in [0.15, 0.2) is 0 Å². The fourth-order valence-electron chi connectivity index (χ4n) is 10.2. The van der Waals surface area contributed by atoms with Crippen molar-refractivity contribution in [2.45, 2.75) is 101 Å². The maximum absolute atomic E-state index is 15.1. The normalized spacial score (nSPS) is 25.6. The molecule has 0 spiro atoms. The molecule has 12 heteroatoms. The van der Waals surface area contributed by atoms with Gasteiger partial charge in [0.05, 0.1) is 18.2 Å². The number of methoxy groups -OCH3 is 1. The lowest BCUT2D eigenvalue weighted by molar-refractivity contribution is -0.143. The Morgan fingerprint density at radius 1 is 0.923 bits per heavy atom. The smallest absolute Gasteiger partial charge is 0.300 e. The summed E-state index contributed by atoms with van der Waals surface area (Å²) in [4.78, 5) is 41.6. The number of sulfonamides is 1. The van der Waals surface area contributed by atoms with E-state index >= 15 is 4.79 Å². The van der Waals surface area contributed by atoms with Gasteiger partial charge in [-0.1, -0.05) is 25.3 Å². The Morgan fingerprint density at radius 2 is 1.63 bits per heavy atom. The van der Waals surface area contributed by atoms with Crippen LogP contribution in [0, 0.1) is 19.3 Å². The number of hydrogen-bond donors (Lipinski definition) is 1. The number of rotatable bonds is 6. The van der Waals surface area contributed by atoms with E-state index in [2.05, 4.69) is 48.2 Å². The molecular weight excluding hydrogens is 677 g/mol. The number of amides is 2. The van der Waals surface area contributed by atoms with Gasteiger partial charge in [0, 0.05) is 71.1 Å². The highest BCUT2D eigenvalue weighted by Crippen LogP contribution is 2.66. The van der Waals surface area contributed by atoms with Crippen LogP contribution in [-0.2, 0) is 21.4 Å². The van der Waals surface area contributed by atoms with E-state index in [4.69, 9.17) is 4.74 Å². The average Bonchev–Trinajstić information content (AvgIpc) is 3.71. The monoisotopic (exact) mass is 722 g/mol. The number of piperazine rings is 1. The lowest BCUT2D eigenvalue weighted by Gasteiger charge is -2.41. The third-order valence-corrected chi connectivity index (χ3v) is 13.7. The number of nitrogens with one attached hydrogen (secondary N) is 1. The number of hydrogen-bond acceptors (Lipinski definition) is 8. The van der Waals surface area contributed by atoms with E-state index in [-0.39, 0.29) is 29.5 Å². The Bertz CT molecular complexity index is 2230. The molecule has 2 amide bonds. The molecular formula is C40H46N6O5S. The van der Waals surface area contributed by atoms with Crippen LogP contribution in [0.1, 0.15) is 96.1 Å². The number of aromatic nitrogens is 3. The third kappa shape index (κ3) is 5.27. The second-order valence-corrected chi connectivity index (χ2v) is 17.5. The number of fused-ring (bicyclic) bond motifs is 9. The Morgan fingerprint density at radius 3 is 2.33 bits per heavy atom. The number of carbonyl (C=O) groups excluding carboxylic acids is 2. The van der Waals surface area contributed by atoms with Gasteiger partial charge in [0.2, 0.25) is 5.91 Å². The van der Waals surface area contributed by atoms with Gasteiger partial charge in [-0.25, -0.2) is 14.7 Å². The zero-order chi connectivity index (χ0) is 36.1. The molecule has 2 aliphatic carbocycles. The van der Waals surface area contributed by atoms with Crippen molar-refractivity contribution in [3.8, 4) is 17.0 Å². The number of benzene rings is 2. The Kier molecular flexibility index (Phi) is 7.82. The zero-order valence-corrected chi connectivity index (χ0v) is 31.1. The van der Waals surface area contributed by atoms with Gasteiger partial charge in [-0.2, -0.15) is 8.42 Å². The molecule has 4 fully saturated rings. The van der Waals surface area contributed by atoms with Crippen LogP contribution in [0.4, 0.5) is 0 Å². The van der Waals surface area contributed by atoms with Gasteiger partial charge in [0.25, 0.3) is 21.1 Å². The molecule has 5 heterocycles. The summed E-state index contributed by atoms with van der Waals surface area (Å²) in [5, 5.41) is 0.628. The molecule has 52 heavy (non-hydrogen) atoms. The maximum atomic E-state index is 15.1. The van der Waals surface area contributed by atoms with Crippen LogP contribution in [0.25, 0.3) is 22.2 Å². The lowest BCUT2D eigenvalue weighted by atomic mass is 9.81. The van der Waals surface area contributed by atoms with E-state index in [9.17, 15) is 13.2 Å². The molecule has 2 aromatic heterocycles. The van der Waals surface area contributed by atoms with Crippen molar-refractivity contribution in [2.75, 3.05) is 27.2 Å². The number of aryl methyl sites for hydroxylation is 2. The molecule has 4 aromatic rings. The Labute approximate surface area is 304 Å². The molecule has 11 nitrogen and oxygen atoms in total. The first-order valence-corrected chi connectivity index (χ1v) is 20.2. The Balaban J connectivity index is 1.20. The van der Waals surface area contributed by atoms with E-state index in [0.717, 1.165) is 91.5 Å². The van der Waals surface area contributed by atoms with Crippen molar-refractivity contribution in [3.05, 3.63) is 70.5 Å². The summed E-state index contributed by atoms with van der Waals surface area (Å²) in [5.74, 6) is 0.659. The molecule has 2 aromatic carbocycles. The summed E-state index contributed by atoms with van der Waals surface area (Å²) in [6.07, 6.45) is 8.50. The number of nitrogens with zero attached hydrogens (tertiary/aromatic N) is 5. The van der Waals surface area contributed by atoms with Crippen LogP contribution in [-0.4, -0.2) is 83.9 Å². The van der Waals surface area contributed by atoms with Crippen molar-refractivity contribution < 1.29 is 22.7 Å². The minimum atomic E-state index is -4.33. The van der Waals surface area contributed by atoms with Crippen LogP contribution in [0.3, 0.4) is 0 Å². The topological polar surface area (TPSA) is 127 Å². The molecule has 4 atom stereocenters. The largest absolute Gasteiger partial charge is 0.497 e. The fraction of sp³-hybridized carbons (Fsp3) is 0.500. The minimum Gasteiger partial charge on any atom is -0.497 e. The zero-order valence-electron chi connectivity index (χ0n) is 30.3. The third-order valence-electron chi connectivity index (χ3n) is 12.5. The molecule has 2 unspecified atom stereocenters. The first-order chi connectivity index (χ1) is 25.0. The predicted molar refractivity (Wildman–Crippen MR) is 197 cm³/mol. The molecule has 1 N–H and O–H groups in total. The number of likely N-dealkylation sites (N-methyl/N-ethyl adjacent to an activating group) is 1. The first kappa shape index (κ1) is 33.5. The predicted octanol–water partition coefficient (Wildman–Crippen LogP) is 5.68. The van der Waals surface area contributed by atoms with E-state index in [1.807, 2.05) is 18.2 Å². The van der Waals surface area contributed by atoms with Crippen LogP contribution in [0.15, 0.2) is 47.6 Å². The fourth-order valence-corrected chi connectivity index (χ4v) is 11.1. The minimum absolute atomic E-state index is 0.0488. The summed E-state index contributed by atoms with van der Waals surface area (Å²) in [7, 11) is -0.485. The van der Waals surface area contributed by atoms with Crippen molar-refractivity contribution in [1.29, 1.82) is 0 Å². The second kappa shape index (κ2) is 12.1. The van der Waals surface area contributed by atoms with E-state index in [1.54, 1.807) is 33.1 Å². The van der Waals surface area contributed by atoms with E-state index < -0.39 is 26.5 Å². The SMILES string of the molecule is COc1ccc2c(c1)C1CC1(C(=O)N1[C@@H]3CC[C@H]1CN(C)C3)Cn1c-2c(C2CCCCC2)c2ccc(C(=O)NS(=O)(=O)c3nc(C)cc(C)n3)cc21. The molecule has 5 aliphatic rings. The standard InChI is InChI=1S/C40H46N6O5S/c1-23-16-24(2)42-39(41-23)52(49,50)43-37(47)26-10-14-31-34(17-26)45-22-40(38(48)46-27-11-12-28(46)21-44(3)20-27)19-33(40)32-18-29(51-4)13-15-30(32)36(45)35(31)25-8-6-5-7-9-25/h10,13-18,25,27-28,33H,5-9,11-12,19-22H2,1-4H3,(H,43,47)/t27-,28+,33?,40?. The van der Waals surface area contributed by atoms with E-state index in [0.29, 0.717) is 23.9 Å². The van der Waals surface area contributed by atoms with Gasteiger partial charge >= 0.3 is 0 Å². The number of carbonyl (C=O) groups is 2. The summed E-state index contributed by atoms with van der Waals surface area (Å²) in [6.45, 7) is 5.67. The van der Waals surface area contributed by atoms with Crippen LogP contribution in [0.5, 0.6) is 5.75 Å². The van der Waals surface area contributed by atoms with Crippen LogP contribution in [0.2, 0.25) is 0 Å².